The van der Waals surface area contributed by atoms with Crippen LogP contribution in [0.3, 0.4) is 0 Å². The summed E-state index contributed by atoms with van der Waals surface area (Å²) in [6.07, 6.45) is 1.46. The second kappa shape index (κ2) is 12.5. The van der Waals surface area contributed by atoms with Crippen LogP contribution in [0.1, 0.15) is 30.7 Å². The summed E-state index contributed by atoms with van der Waals surface area (Å²) in [6, 6.07) is 2.13. The smallest absolute Gasteiger partial charge is 0.224 e. The highest BCUT2D eigenvalue weighted by molar-refractivity contribution is 14.0. The van der Waals surface area contributed by atoms with E-state index in [1.54, 1.807) is 11.3 Å². The van der Waals surface area contributed by atoms with Gasteiger partial charge in [0.15, 0.2) is 5.96 Å². The summed E-state index contributed by atoms with van der Waals surface area (Å²) < 4.78 is 5.28. The minimum atomic E-state index is 0. The second-order valence-electron chi connectivity index (χ2n) is 5.57. The van der Waals surface area contributed by atoms with Gasteiger partial charge >= 0.3 is 0 Å². The van der Waals surface area contributed by atoms with E-state index in [1.807, 2.05) is 18.7 Å². The number of amides is 1. The molecule has 0 aliphatic carbocycles. The lowest BCUT2D eigenvalue weighted by Gasteiger charge is -2.27. The summed E-state index contributed by atoms with van der Waals surface area (Å²) in [7, 11) is 0. The molecule has 1 aliphatic heterocycles. The van der Waals surface area contributed by atoms with Crippen molar-refractivity contribution in [2.45, 2.75) is 33.2 Å². The average Bonchev–Trinajstić information content (AvgIpc) is 3.06. The van der Waals surface area contributed by atoms with Gasteiger partial charge in [-0.25, -0.2) is 0 Å². The van der Waals surface area contributed by atoms with Crippen molar-refractivity contribution in [2.24, 2.45) is 4.99 Å². The molecule has 142 valence electrons. The van der Waals surface area contributed by atoms with E-state index in [0.29, 0.717) is 32.7 Å². The fraction of sp³-hybridized carbons (Fsp3) is 0.647. The molecule has 0 radical (unpaired) electrons. The molecule has 2 heterocycles. The van der Waals surface area contributed by atoms with Crippen molar-refractivity contribution in [2.75, 3.05) is 39.4 Å². The highest BCUT2D eigenvalue weighted by atomic mass is 127. The Balaban J connectivity index is 0.00000312. The number of carbonyl (C=O) groups is 1. The van der Waals surface area contributed by atoms with Crippen LogP contribution in [-0.2, 0) is 22.5 Å². The Bertz CT molecular complexity index is 551. The Morgan fingerprint density at radius 1 is 1.40 bits per heavy atom. The summed E-state index contributed by atoms with van der Waals surface area (Å²) in [4.78, 5) is 20.2. The Labute approximate surface area is 171 Å². The molecule has 0 unspecified atom stereocenters. The summed E-state index contributed by atoms with van der Waals surface area (Å²) in [6.45, 7) is 8.89. The molecule has 0 saturated carbocycles. The molecule has 1 aromatic rings. The molecule has 2 N–H and O–H groups in total. The zero-order chi connectivity index (χ0) is 17.2. The average molecular weight is 480 g/mol. The molecule has 0 saturated heterocycles. The molecule has 0 spiro atoms. The minimum Gasteiger partial charge on any atom is -0.380 e. The number of halogens is 1. The zero-order valence-electron chi connectivity index (χ0n) is 15.0. The van der Waals surface area contributed by atoms with Gasteiger partial charge in [-0.1, -0.05) is 0 Å². The fourth-order valence-electron chi connectivity index (χ4n) is 2.62. The maximum absolute atomic E-state index is 12.4. The maximum Gasteiger partial charge on any atom is 0.224 e. The van der Waals surface area contributed by atoms with Crippen LogP contribution < -0.4 is 10.6 Å². The number of thiophene rings is 1. The molecule has 25 heavy (non-hydrogen) atoms. The predicted octanol–water partition coefficient (Wildman–Crippen LogP) is 2.23. The highest BCUT2D eigenvalue weighted by Crippen LogP contribution is 2.24. The van der Waals surface area contributed by atoms with Crippen LogP contribution in [0.15, 0.2) is 16.4 Å². The minimum absolute atomic E-state index is 0. The Morgan fingerprint density at radius 2 is 2.24 bits per heavy atom. The van der Waals surface area contributed by atoms with Crippen LogP contribution >= 0.6 is 35.3 Å². The molecule has 0 fully saturated rings. The number of guanidine groups is 1. The number of rotatable bonds is 8. The van der Waals surface area contributed by atoms with Crippen LogP contribution in [-0.4, -0.2) is 56.2 Å². The van der Waals surface area contributed by atoms with Crippen molar-refractivity contribution in [3.8, 4) is 0 Å². The molecule has 0 bridgehead atoms. The first-order valence-corrected chi connectivity index (χ1v) is 9.55. The van der Waals surface area contributed by atoms with E-state index in [-0.39, 0.29) is 29.9 Å². The molecule has 2 rings (SSSR count). The third kappa shape index (κ3) is 7.49. The zero-order valence-corrected chi connectivity index (χ0v) is 18.2. The van der Waals surface area contributed by atoms with Gasteiger partial charge in [0.1, 0.15) is 0 Å². The topological polar surface area (TPSA) is 66.0 Å². The van der Waals surface area contributed by atoms with E-state index in [0.717, 1.165) is 32.0 Å². The van der Waals surface area contributed by atoms with E-state index >= 15 is 0 Å². The first kappa shape index (κ1) is 22.2. The maximum atomic E-state index is 12.4. The number of hydrogen-bond acceptors (Lipinski definition) is 4. The lowest BCUT2D eigenvalue weighted by Crippen LogP contribution is -2.41. The molecule has 0 aromatic carbocycles. The summed E-state index contributed by atoms with van der Waals surface area (Å²) in [5.74, 6) is 0.938. The van der Waals surface area contributed by atoms with E-state index in [9.17, 15) is 4.79 Å². The Hall–Kier alpha value is -0.870. The van der Waals surface area contributed by atoms with Crippen molar-refractivity contribution in [1.29, 1.82) is 0 Å². The molecule has 1 aromatic heterocycles. The van der Waals surface area contributed by atoms with E-state index in [4.69, 9.17) is 4.74 Å². The second-order valence-corrected chi connectivity index (χ2v) is 6.57. The number of hydrogen-bond donors (Lipinski definition) is 2. The number of nitrogens with zero attached hydrogens (tertiary/aromatic N) is 2. The van der Waals surface area contributed by atoms with Gasteiger partial charge in [-0.05, 0) is 37.3 Å². The van der Waals surface area contributed by atoms with E-state index in [1.165, 1.54) is 10.4 Å². The van der Waals surface area contributed by atoms with Crippen molar-refractivity contribution in [3.05, 3.63) is 21.9 Å². The van der Waals surface area contributed by atoms with E-state index < -0.39 is 0 Å². The monoisotopic (exact) mass is 480 g/mol. The molecule has 1 aliphatic rings. The third-order valence-corrected chi connectivity index (χ3v) is 4.87. The largest absolute Gasteiger partial charge is 0.380 e. The molecule has 1 amide bonds. The summed E-state index contributed by atoms with van der Waals surface area (Å²) >= 11 is 1.79. The van der Waals surface area contributed by atoms with Crippen molar-refractivity contribution in [1.82, 2.24) is 15.5 Å². The van der Waals surface area contributed by atoms with Crippen molar-refractivity contribution >= 4 is 47.2 Å². The van der Waals surface area contributed by atoms with Gasteiger partial charge in [0.05, 0.1) is 13.2 Å². The van der Waals surface area contributed by atoms with Gasteiger partial charge in [-0.15, -0.1) is 35.3 Å². The molecule has 8 heteroatoms. The van der Waals surface area contributed by atoms with Crippen LogP contribution in [0.4, 0.5) is 0 Å². The van der Waals surface area contributed by atoms with Gasteiger partial charge in [-0.3, -0.25) is 9.79 Å². The van der Waals surface area contributed by atoms with Crippen LogP contribution in [0.25, 0.3) is 0 Å². The highest BCUT2D eigenvalue weighted by Gasteiger charge is 2.20. The van der Waals surface area contributed by atoms with Gasteiger partial charge in [0, 0.05) is 44.1 Å². The summed E-state index contributed by atoms with van der Waals surface area (Å²) in [5, 5.41) is 8.51. The predicted molar refractivity (Wildman–Crippen MR) is 114 cm³/mol. The molecule has 6 nitrogen and oxygen atoms in total. The number of aliphatic imine (C=N–C) groups is 1. The van der Waals surface area contributed by atoms with Gasteiger partial charge in [0.25, 0.3) is 0 Å². The van der Waals surface area contributed by atoms with Gasteiger partial charge in [-0.2, -0.15) is 0 Å². The Kier molecular flexibility index (Phi) is 11.1. The van der Waals surface area contributed by atoms with Crippen LogP contribution in [0, 0.1) is 0 Å². The number of nitrogens with one attached hydrogen (secondary N) is 2. The van der Waals surface area contributed by atoms with Crippen LogP contribution in [0.2, 0.25) is 0 Å². The van der Waals surface area contributed by atoms with Gasteiger partial charge < -0.3 is 20.3 Å². The van der Waals surface area contributed by atoms with Crippen LogP contribution in [0.5, 0.6) is 0 Å². The Morgan fingerprint density at radius 3 is 3.00 bits per heavy atom. The van der Waals surface area contributed by atoms with Crippen molar-refractivity contribution < 1.29 is 9.53 Å². The normalized spacial score (nSPS) is 13.8. The lowest BCUT2D eigenvalue weighted by molar-refractivity contribution is -0.131. The fourth-order valence-corrected chi connectivity index (χ4v) is 3.51. The standard InChI is InChI=1S/C17H28N4O2S.HI/c1-3-18-17(20-9-11-23-4-2)19-8-5-16(22)21-10-6-15-14(13-21)7-12-24-15;/h7,12H,3-6,8-11,13H2,1-2H3,(H2,18,19,20);1H. The SMILES string of the molecule is CCNC(=NCCOCC)NCCC(=O)N1CCc2sccc2C1.I. The number of carbonyl (C=O) groups excluding carboxylic acids is 1. The number of ether oxygens (including phenoxy) is 1. The van der Waals surface area contributed by atoms with E-state index in [2.05, 4.69) is 27.1 Å². The molecule has 0 atom stereocenters. The van der Waals surface area contributed by atoms with Gasteiger partial charge in [0.2, 0.25) is 5.91 Å². The number of fused-ring (bicyclic) bond motifs is 1. The van der Waals surface area contributed by atoms with Crippen molar-refractivity contribution in [3.63, 3.8) is 0 Å². The third-order valence-electron chi connectivity index (χ3n) is 3.85. The summed E-state index contributed by atoms with van der Waals surface area (Å²) in [5.41, 5.74) is 1.30. The molecular weight excluding hydrogens is 451 g/mol. The molecular formula is C17H29IN4O2S. The first-order valence-electron chi connectivity index (χ1n) is 8.67. The first-order chi connectivity index (χ1) is 11.7. The quantitative estimate of drug-likeness (QED) is 0.259. The lowest BCUT2D eigenvalue weighted by atomic mass is 10.1.